The number of carbonyl (C=O) groups is 1. The Labute approximate surface area is 169 Å². The van der Waals surface area contributed by atoms with Crippen LogP contribution in [0.1, 0.15) is 47.6 Å². The number of fused-ring (bicyclic) bond motifs is 2. The van der Waals surface area contributed by atoms with Crippen molar-refractivity contribution in [2.45, 2.75) is 57.3 Å². The number of nitro benzene ring substituents is 1. The molecule has 2 fully saturated rings. The molecule has 2 aromatic rings. The molecule has 0 saturated carbocycles. The Balaban J connectivity index is 1.35. The van der Waals surface area contributed by atoms with Crippen LogP contribution in [0.25, 0.3) is 0 Å². The van der Waals surface area contributed by atoms with Gasteiger partial charge in [0.1, 0.15) is 12.4 Å². The van der Waals surface area contributed by atoms with E-state index in [1.54, 1.807) is 31.2 Å². The van der Waals surface area contributed by atoms with Crippen LogP contribution in [0.2, 0.25) is 0 Å². The molecule has 0 aliphatic carbocycles. The first-order valence-corrected chi connectivity index (χ1v) is 9.90. The maximum atomic E-state index is 12.5. The number of furan rings is 1. The van der Waals surface area contributed by atoms with Gasteiger partial charge in [-0.05, 0) is 63.4 Å². The molecule has 2 bridgehead atoms. The van der Waals surface area contributed by atoms with Gasteiger partial charge in [-0.15, -0.1) is 0 Å². The second-order valence-corrected chi connectivity index (χ2v) is 7.98. The molecule has 2 atom stereocenters. The molecule has 8 heteroatoms. The van der Waals surface area contributed by atoms with E-state index in [4.69, 9.17) is 9.15 Å². The third-order valence-corrected chi connectivity index (χ3v) is 6.00. The fraction of sp³-hybridized carbons (Fsp3) is 0.476. The van der Waals surface area contributed by atoms with Crippen LogP contribution in [0.3, 0.4) is 0 Å². The minimum absolute atomic E-state index is 0.00948. The summed E-state index contributed by atoms with van der Waals surface area (Å²) < 4.78 is 11.2. The quantitative estimate of drug-likeness (QED) is 0.590. The summed E-state index contributed by atoms with van der Waals surface area (Å²) in [6.07, 6.45) is 4.32. The van der Waals surface area contributed by atoms with Crippen LogP contribution in [0.5, 0.6) is 5.75 Å². The summed E-state index contributed by atoms with van der Waals surface area (Å²) in [6.45, 7) is 1.79. The summed E-state index contributed by atoms with van der Waals surface area (Å²) in [7, 11) is 2.16. The predicted molar refractivity (Wildman–Crippen MR) is 106 cm³/mol. The van der Waals surface area contributed by atoms with Gasteiger partial charge in [0.05, 0.1) is 4.92 Å². The number of piperidine rings is 1. The molecule has 0 radical (unpaired) electrons. The first-order chi connectivity index (χ1) is 13.9. The molecule has 2 aliphatic rings. The van der Waals surface area contributed by atoms with Gasteiger partial charge in [-0.1, -0.05) is 6.07 Å². The van der Waals surface area contributed by atoms with Crippen LogP contribution in [0.4, 0.5) is 5.69 Å². The van der Waals surface area contributed by atoms with Gasteiger partial charge in [0.2, 0.25) is 0 Å². The van der Waals surface area contributed by atoms with Gasteiger partial charge in [-0.25, -0.2) is 0 Å². The second kappa shape index (κ2) is 7.87. The molecule has 1 N–H and O–H groups in total. The number of nitrogens with one attached hydrogen (secondary N) is 1. The van der Waals surface area contributed by atoms with Crippen molar-refractivity contribution < 1.29 is 18.9 Å². The van der Waals surface area contributed by atoms with Crippen LogP contribution in [-0.4, -0.2) is 40.9 Å². The van der Waals surface area contributed by atoms with Crippen molar-refractivity contribution >= 4 is 11.6 Å². The van der Waals surface area contributed by atoms with E-state index in [1.165, 1.54) is 18.9 Å². The number of aryl methyl sites for hydroxylation is 1. The normalized spacial score (nSPS) is 23.7. The van der Waals surface area contributed by atoms with Gasteiger partial charge in [0, 0.05) is 24.2 Å². The fourth-order valence-electron chi connectivity index (χ4n) is 4.40. The first kappa shape index (κ1) is 19.4. The van der Waals surface area contributed by atoms with Crippen LogP contribution < -0.4 is 10.1 Å². The minimum Gasteiger partial charge on any atom is -0.479 e. The molecular weight excluding hydrogens is 374 g/mol. The van der Waals surface area contributed by atoms with Gasteiger partial charge in [0.15, 0.2) is 11.5 Å². The predicted octanol–water partition coefficient (Wildman–Crippen LogP) is 3.43. The molecule has 2 unspecified atom stereocenters. The van der Waals surface area contributed by atoms with Crippen molar-refractivity contribution in [2.24, 2.45) is 0 Å². The van der Waals surface area contributed by atoms with E-state index in [2.05, 4.69) is 17.3 Å². The molecule has 2 aliphatic heterocycles. The van der Waals surface area contributed by atoms with Crippen molar-refractivity contribution in [1.82, 2.24) is 10.2 Å². The summed E-state index contributed by atoms with van der Waals surface area (Å²) in [6, 6.07) is 9.31. The third-order valence-electron chi connectivity index (χ3n) is 6.00. The SMILES string of the molecule is Cc1ccc(OCc2ccc(C(=O)NC3CC4CCC(C3)N4C)o2)c([N+](=O)[O-])c1. The van der Waals surface area contributed by atoms with Crippen molar-refractivity contribution in [3.8, 4) is 5.75 Å². The first-order valence-electron chi connectivity index (χ1n) is 9.90. The third kappa shape index (κ3) is 4.12. The summed E-state index contributed by atoms with van der Waals surface area (Å²) >= 11 is 0. The Hall–Kier alpha value is -2.87. The van der Waals surface area contributed by atoms with E-state index in [0.717, 1.165) is 18.4 Å². The maximum Gasteiger partial charge on any atom is 0.311 e. The van der Waals surface area contributed by atoms with Crippen LogP contribution in [0, 0.1) is 17.0 Å². The lowest BCUT2D eigenvalue weighted by atomic mass is 9.98. The second-order valence-electron chi connectivity index (χ2n) is 7.98. The zero-order valence-corrected chi connectivity index (χ0v) is 16.6. The fourth-order valence-corrected chi connectivity index (χ4v) is 4.40. The topological polar surface area (TPSA) is 97.8 Å². The zero-order chi connectivity index (χ0) is 20.5. The van der Waals surface area contributed by atoms with Gasteiger partial charge < -0.3 is 19.4 Å². The highest BCUT2D eigenvalue weighted by Gasteiger charge is 2.39. The summed E-state index contributed by atoms with van der Waals surface area (Å²) in [4.78, 5) is 25.7. The Bertz CT molecular complexity index is 911. The van der Waals surface area contributed by atoms with Gasteiger partial charge in [-0.2, -0.15) is 0 Å². The number of ether oxygens (including phenoxy) is 1. The van der Waals surface area contributed by atoms with E-state index < -0.39 is 4.92 Å². The summed E-state index contributed by atoms with van der Waals surface area (Å²) in [5, 5.41) is 14.3. The molecular formula is C21H25N3O5. The molecule has 4 rings (SSSR count). The van der Waals surface area contributed by atoms with Crippen molar-refractivity contribution in [3.63, 3.8) is 0 Å². The van der Waals surface area contributed by atoms with E-state index in [-0.39, 0.29) is 35.8 Å². The molecule has 3 heterocycles. The van der Waals surface area contributed by atoms with E-state index >= 15 is 0 Å². The molecule has 0 spiro atoms. The lowest BCUT2D eigenvalue weighted by Gasteiger charge is -2.36. The number of carbonyl (C=O) groups excluding carboxylic acids is 1. The number of hydrogen-bond acceptors (Lipinski definition) is 6. The van der Waals surface area contributed by atoms with Gasteiger partial charge in [-0.3, -0.25) is 14.9 Å². The average molecular weight is 399 g/mol. The number of hydrogen-bond donors (Lipinski definition) is 1. The largest absolute Gasteiger partial charge is 0.479 e. The smallest absolute Gasteiger partial charge is 0.311 e. The number of nitrogens with zero attached hydrogens (tertiary/aromatic N) is 2. The van der Waals surface area contributed by atoms with Crippen molar-refractivity contribution in [1.29, 1.82) is 0 Å². The van der Waals surface area contributed by atoms with E-state index in [0.29, 0.717) is 17.8 Å². The standard InChI is InChI=1S/C21H25N3O5/c1-13-3-7-19(18(9-13)24(26)27)28-12-17-6-8-20(29-17)21(25)22-14-10-15-4-5-16(11-14)23(15)2/h3,6-9,14-16H,4-5,10-12H2,1-2H3,(H,22,25). The monoisotopic (exact) mass is 399 g/mol. The lowest BCUT2D eigenvalue weighted by molar-refractivity contribution is -0.386. The minimum atomic E-state index is -0.474. The molecule has 1 aromatic heterocycles. The highest BCUT2D eigenvalue weighted by molar-refractivity contribution is 5.91. The van der Waals surface area contributed by atoms with Crippen LogP contribution in [-0.2, 0) is 6.61 Å². The number of amides is 1. The highest BCUT2D eigenvalue weighted by Crippen LogP contribution is 2.34. The lowest BCUT2D eigenvalue weighted by Crippen LogP contribution is -2.48. The van der Waals surface area contributed by atoms with Gasteiger partial charge >= 0.3 is 5.69 Å². The molecule has 8 nitrogen and oxygen atoms in total. The Morgan fingerprint density at radius 2 is 2.00 bits per heavy atom. The van der Waals surface area contributed by atoms with Crippen molar-refractivity contribution in [2.75, 3.05) is 7.05 Å². The van der Waals surface area contributed by atoms with Gasteiger partial charge in [0.25, 0.3) is 5.91 Å². The van der Waals surface area contributed by atoms with Crippen molar-refractivity contribution in [3.05, 3.63) is 57.5 Å². The molecule has 154 valence electrons. The summed E-state index contributed by atoms with van der Waals surface area (Å²) in [5.74, 6) is 0.609. The Kier molecular flexibility index (Phi) is 5.27. The molecule has 29 heavy (non-hydrogen) atoms. The Morgan fingerprint density at radius 3 is 2.69 bits per heavy atom. The summed E-state index contributed by atoms with van der Waals surface area (Å²) in [5.41, 5.74) is 0.690. The molecule has 2 saturated heterocycles. The van der Waals surface area contributed by atoms with E-state index in [9.17, 15) is 14.9 Å². The van der Waals surface area contributed by atoms with E-state index in [1.807, 2.05) is 0 Å². The molecule has 1 amide bonds. The maximum absolute atomic E-state index is 12.5. The highest BCUT2D eigenvalue weighted by atomic mass is 16.6. The average Bonchev–Trinajstić information content (AvgIpc) is 3.22. The number of nitro groups is 1. The molecule has 1 aromatic carbocycles. The Morgan fingerprint density at radius 1 is 1.28 bits per heavy atom. The number of benzene rings is 1. The van der Waals surface area contributed by atoms with Crippen LogP contribution >= 0.6 is 0 Å². The number of rotatable bonds is 6. The van der Waals surface area contributed by atoms with Crippen LogP contribution in [0.15, 0.2) is 34.7 Å². The zero-order valence-electron chi connectivity index (χ0n) is 16.6.